The quantitative estimate of drug-likeness (QED) is 0.482. The zero-order valence-electron chi connectivity index (χ0n) is 13.9. The Morgan fingerprint density at radius 2 is 1.77 bits per heavy atom. The minimum atomic E-state index is -0.221. The number of carbonyl (C=O) groups excluding carboxylic acids is 1. The molecule has 0 unspecified atom stereocenters. The van der Waals surface area contributed by atoms with Crippen LogP contribution >= 0.6 is 11.3 Å². The van der Waals surface area contributed by atoms with E-state index in [4.69, 9.17) is 9.72 Å². The van der Waals surface area contributed by atoms with Crippen molar-refractivity contribution in [2.75, 3.05) is 12.4 Å². The molecule has 1 aliphatic carbocycles. The first-order chi connectivity index (χ1) is 12.8. The minimum Gasteiger partial charge on any atom is -0.496 e. The second-order valence-corrected chi connectivity index (χ2v) is 7.06. The van der Waals surface area contributed by atoms with E-state index in [2.05, 4.69) is 35.6 Å². The van der Waals surface area contributed by atoms with E-state index in [-0.39, 0.29) is 5.91 Å². The highest BCUT2D eigenvalue weighted by molar-refractivity contribution is 7.20. The molecule has 0 fully saturated rings. The van der Waals surface area contributed by atoms with Crippen LogP contribution in [0.5, 0.6) is 5.75 Å². The number of ether oxygens (including phenoxy) is 1. The highest BCUT2D eigenvalue weighted by Gasteiger charge is 2.26. The largest absolute Gasteiger partial charge is 0.496 e. The predicted molar refractivity (Wildman–Crippen MR) is 105 cm³/mol. The molecular weight excluding hydrogens is 344 g/mol. The lowest BCUT2D eigenvalue weighted by Gasteiger charge is -2.07. The third kappa shape index (κ3) is 2.14. The van der Waals surface area contributed by atoms with Crippen molar-refractivity contribution in [1.29, 1.82) is 0 Å². The molecule has 126 valence electrons. The van der Waals surface area contributed by atoms with Crippen LogP contribution in [0.25, 0.3) is 32.5 Å². The van der Waals surface area contributed by atoms with Gasteiger partial charge in [-0.25, -0.2) is 4.98 Å². The third-order valence-electron chi connectivity index (χ3n) is 4.60. The molecule has 4 nitrogen and oxygen atoms in total. The fraction of sp³-hybridized carbons (Fsp3) is 0.0476. The monoisotopic (exact) mass is 358 g/mol. The zero-order valence-corrected chi connectivity index (χ0v) is 14.8. The number of fused-ring (bicyclic) bond motifs is 3. The number of anilines is 1. The number of thiazole rings is 1. The number of para-hydroxylation sites is 1. The van der Waals surface area contributed by atoms with Crippen LogP contribution in [-0.4, -0.2) is 18.0 Å². The lowest BCUT2D eigenvalue weighted by molar-refractivity contribution is 0.102. The summed E-state index contributed by atoms with van der Waals surface area (Å²) in [4.78, 5) is 18.4. The second kappa shape index (κ2) is 5.68. The average molecular weight is 358 g/mol. The van der Waals surface area contributed by atoms with E-state index in [1.807, 2.05) is 18.2 Å². The number of nitrogens with one attached hydrogen (secondary N) is 1. The van der Waals surface area contributed by atoms with E-state index >= 15 is 0 Å². The Bertz CT molecular complexity index is 1120. The zero-order chi connectivity index (χ0) is 17.7. The summed E-state index contributed by atoms with van der Waals surface area (Å²) >= 11 is 1.50. The van der Waals surface area contributed by atoms with Crippen LogP contribution in [0.2, 0.25) is 0 Å². The molecule has 0 spiro atoms. The van der Waals surface area contributed by atoms with Crippen molar-refractivity contribution in [3.63, 3.8) is 0 Å². The molecular formula is C21H14N2O2S. The van der Waals surface area contributed by atoms with Gasteiger partial charge in [0, 0.05) is 11.1 Å². The summed E-state index contributed by atoms with van der Waals surface area (Å²) in [5, 5.41) is 5.96. The molecule has 1 heterocycles. The molecule has 1 aromatic heterocycles. The number of nitrogens with zero attached hydrogens (tertiary/aromatic N) is 1. The van der Waals surface area contributed by atoms with Crippen molar-refractivity contribution in [2.24, 2.45) is 0 Å². The molecule has 0 aliphatic heterocycles. The molecule has 1 aliphatic rings. The maximum atomic E-state index is 12.6. The molecule has 5 heteroatoms. The van der Waals surface area contributed by atoms with Crippen molar-refractivity contribution in [1.82, 2.24) is 4.98 Å². The topological polar surface area (TPSA) is 51.2 Å². The SMILES string of the molecule is COc1ccccc1C(=O)Nc1nc2c(s1)-c1cccc3cccc-2c13. The minimum absolute atomic E-state index is 0.221. The number of hydrogen-bond acceptors (Lipinski definition) is 4. The number of rotatable bonds is 3. The summed E-state index contributed by atoms with van der Waals surface area (Å²) < 4.78 is 5.27. The smallest absolute Gasteiger partial charge is 0.261 e. The Hall–Kier alpha value is -3.18. The molecule has 1 amide bonds. The summed E-state index contributed by atoms with van der Waals surface area (Å²) in [6.07, 6.45) is 0. The van der Waals surface area contributed by atoms with Crippen LogP contribution in [0, 0.1) is 0 Å². The molecule has 5 rings (SSSR count). The van der Waals surface area contributed by atoms with Gasteiger partial charge in [0.05, 0.1) is 23.2 Å². The van der Waals surface area contributed by atoms with Gasteiger partial charge in [-0.05, 0) is 22.9 Å². The van der Waals surface area contributed by atoms with Gasteiger partial charge < -0.3 is 4.74 Å². The summed E-state index contributed by atoms with van der Waals surface area (Å²) in [5.41, 5.74) is 3.75. The molecule has 3 aromatic carbocycles. The van der Waals surface area contributed by atoms with Gasteiger partial charge in [0.2, 0.25) is 0 Å². The Morgan fingerprint density at radius 3 is 2.58 bits per heavy atom. The van der Waals surface area contributed by atoms with Crippen LogP contribution in [0.15, 0.2) is 60.7 Å². The van der Waals surface area contributed by atoms with Gasteiger partial charge in [-0.15, -0.1) is 0 Å². The van der Waals surface area contributed by atoms with Crippen LogP contribution in [0.4, 0.5) is 5.13 Å². The van der Waals surface area contributed by atoms with Crippen molar-refractivity contribution in [2.45, 2.75) is 0 Å². The number of methoxy groups -OCH3 is 1. The highest BCUT2D eigenvalue weighted by atomic mass is 32.1. The summed E-state index contributed by atoms with van der Waals surface area (Å²) in [6, 6.07) is 19.7. The van der Waals surface area contributed by atoms with Gasteiger partial charge in [0.25, 0.3) is 5.91 Å². The fourth-order valence-corrected chi connectivity index (χ4v) is 4.47. The standard InChI is InChI=1S/C21H14N2O2S/c1-25-16-11-3-2-8-13(16)20(24)23-21-22-18-14-9-4-6-12-7-5-10-15(17(12)14)19(18)26-21/h2-11H,1H3,(H,22,23,24). The van der Waals surface area contributed by atoms with Crippen LogP contribution in [0.3, 0.4) is 0 Å². The second-order valence-electron chi connectivity index (χ2n) is 6.06. The van der Waals surface area contributed by atoms with Crippen molar-refractivity contribution in [3.8, 4) is 27.4 Å². The molecule has 1 N–H and O–H groups in total. The summed E-state index contributed by atoms with van der Waals surface area (Å²) in [6.45, 7) is 0. The predicted octanol–water partition coefficient (Wildman–Crippen LogP) is 5.20. The molecule has 4 aromatic rings. The van der Waals surface area contributed by atoms with E-state index in [0.29, 0.717) is 16.4 Å². The first-order valence-corrected chi connectivity index (χ1v) is 9.05. The Morgan fingerprint density at radius 1 is 1.00 bits per heavy atom. The molecule has 0 bridgehead atoms. The van der Waals surface area contributed by atoms with Gasteiger partial charge in [0.15, 0.2) is 5.13 Å². The van der Waals surface area contributed by atoms with E-state index in [0.717, 1.165) is 16.1 Å². The maximum Gasteiger partial charge on any atom is 0.261 e. The first kappa shape index (κ1) is 15.1. The Balaban J connectivity index is 1.54. The van der Waals surface area contributed by atoms with Crippen molar-refractivity contribution in [3.05, 3.63) is 66.2 Å². The van der Waals surface area contributed by atoms with Gasteiger partial charge >= 0.3 is 0 Å². The Labute approximate surface area is 154 Å². The highest BCUT2D eigenvalue weighted by Crippen LogP contribution is 2.50. The first-order valence-electron chi connectivity index (χ1n) is 8.24. The van der Waals surface area contributed by atoms with Gasteiger partial charge in [0.1, 0.15) is 5.75 Å². The molecule has 0 saturated heterocycles. The van der Waals surface area contributed by atoms with Crippen LogP contribution < -0.4 is 10.1 Å². The van der Waals surface area contributed by atoms with E-state index in [1.165, 1.54) is 27.7 Å². The van der Waals surface area contributed by atoms with Gasteiger partial charge in [-0.1, -0.05) is 59.9 Å². The lowest BCUT2D eigenvalue weighted by atomic mass is 10.0. The van der Waals surface area contributed by atoms with E-state index in [1.54, 1.807) is 19.2 Å². The molecule has 0 saturated carbocycles. The van der Waals surface area contributed by atoms with Gasteiger partial charge in [-0.3, -0.25) is 10.1 Å². The van der Waals surface area contributed by atoms with Crippen molar-refractivity contribution >= 4 is 33.1 Å². The van der Waals surface area contributed by atoms with E-state index in [9.17, 15) is 4.79 Å². The summed E-state index contributed by atoms with van der Waals surface area (Å²) in [7, 11) is 1.56. The third-order valence-corrected chi connectivity index (χ3v) is 5.61. The average Bonchev–Trinajstić information content (AvgIpc) is 3.21. The number of carbonyl (C=O) groups is 1. The molecule has 0 atom stereocenters. The maximum absolute atomic E-state index is 12.6. The number of amides is 1. The Kier molecular flexibility index (Phi) is 3.30. The lowest BCUT2D eigenvalue weighted by Crippen LogP contribution is -2.12. The molecule has 26 heavy (non-hydrogen) atoms. The number of aromatic nitrogens is 1. The molecule has 0 radical (unpaired) electrons. The van der Waals surface area contributed by atoms with Gasteiger partial charge in [-0.2, -0.15) is 0 Å². The number of benzene rings is 3. The van der Waals surface area contributed by atoms with Crippen LogP contribution in [0.1, 0.15) is 10.4 Å². The van der Waals surface area contributed by atoms with Crippen LogP contribution in [-0.2, 0) is 0 Å². The van der Waals surface area contributed by atoms with E-state index < -0.39 is 0 Å². The van der Waals surface area contributed by atoms with Crippen molar-refractivity contribution < 1.29 is 9.53 Å². The fourth-order valence-electron chi connectivity index (χ4n) is 3.46. The summed E-state index contributed by atoms with van der Waals surface area (Å²) in [5.74, 6) is 0.325. The number of hydrogen-bond donors (Lipinski definition) is 1. The normalized spacial score (nSPS) is 11.4.